The van der Waals surface area contributed by atoms with Gasteiger partial charge in [0, 0.05) is 6.07 Å². The summed E-state index contributed by atoms with van der Waals surface area (Å²) < 4.78 is 0. The highest BCUT2D eigenvalue weighted by Gasteiger charge is 2.02. The third kappa shape index (κ3) is 1.45. The zero-order chi connectivity index (χ0) is 8.43. The van der Waals surface area contributed by atoms with Crippen LogP contribution in [0.2, 0.25) is 0 Å². The van der Waals surface area contributed by atoms with E-state index in [0.29, 0.717) is 0 Å². The lowest BCUT2D eigenvalue weighted by Crippen LogP contribution is -1.86. The highest BCUT2D eigenvalue weighted by molar-refractivity contribution is 5.44. The SMILES string of the molecule is CCc1cc(O)cc(O)c1C. The molecular weight excluding hydrogens is 140 g/mol. The highest BCUT2D eigenvalue weighted by Crippen LogP contribution is 2.26. The second-order valence-corrected chi connectivity index (χ2v) is 2.60. The van der Waals surface area contributed by atoms with Gasteiger partial charge in [-0.05, 0) is 30.5 Å². The van der Waals surface area contributed by atoms with Crippen LogP contribution in [0.15, 0.2) is 12.1 Å². The molecule has 1 aromatic carbocycles. The Hall–Kier alpha value is -1.18. The molecule has 0 fully saturated rings. The van der Waals surface area contributed by atoms with Gasteiger partial charge in [0.25, 0.3) is 0 Å². The second-order valence-electron chi connectivity index (χ2n) is 2.60. The topological polar surface area (TPSA) is 40.5 Å². The summed E-state index contributed by atoms with van der Waals surface area (Å²) >= 11 is 0. The maximum atomic E-state index is 9.25. The number of phenolic OH excluding ortho intramolecular Hbond substituents is 2. The van der Waals surface area contributed by atoms with Crippen molar-refractivity contribution in [3.63, 3.8) is 0 Å². The molecule has 0 bridgehead atoms. The van der Waals surface area contributed by atoms with Crippen LogP contribution in [0.1, 0.15) is 18.1 Å². The Bertz CT molecular complexity index is 267. The first kappa shape index (κ1) is 7.92. The lowest BCUT2D eigenvalue weighted by Gasteiger charge is -2.05. The van der Waals surface area contributed by atoms with E-state index in [-0.39, 0.29) is 11.5 Å². The van der Waals surface area contributed by atoms with Gasteiger partial charge in [0.15, 0.2) is 0 Å². The third-order valence-electron chi connectivity index (χ3n) is 1.85. The van der Waals surface area contributed by atoms with Crippen molar-refractivity contribution in [2.24, 2.45) is 0 Å². The minimum Gasteiger partial charge on any atom is -0.508 e. The number of aromatic hydroxyl groups is 2. The van der Waals surface area contributed by atoms with Crippen LogP contribution < -0.4 is 0 Å². The van der Waals surface area contributed by atoms with E-state index in [1.807, 2.05) is 13.8 Å². The number of benzene rings is 1. The molecule has 2 nitrogen and oxygen atoms in total. The molecule has 0 aliphatic rings. The van der Waals surface area contributed by atoms with Gasteiger partial charge in [0.1, 0.15) is 11.5 Å². The first-order valence-corrected chi connectivity index (χ1v) is 3.66. The molecule has 2 heteroatoms. The molecule has 2 N–H and O–H groups in total. The van der Waals surface area contributed by atoms with Crippen molar-refractivity contribution in [2.75, 3.05) is 0 Å². The average molecular weight is 152 g/mol. The Morgan fingerprint density at radius 3 is 2.45 bits per heavy atom. The van der Waals surface area contributed by atoms with Crippen molar-refractivity contribution in [1.29, 1.82) is 0 Å². The van der Waals surface area contributed by atoms with Gasteiger partial charge < -0.3 is 10.2 Å². The van der Waals surface area contributed by atoms with Gasteiger partial charge >= 0.3 is 0 Å². The van der Waals surface area contributed by atoms with Gasteiger partial charge in [-0.1, -0.05) is 6.92 Å². The van der Waals surface area contributed by atoms with Crippen molar-refractivity contribution in [1.82, 2.24) is 0 Å². The van der Waals surface area contributed by atoms with Gasteiger partial charge in [0.2, 0.25) is 0 Å². The molecule has 0 atom stereocenters. The molecule has 60 valence electrons. The zero-order valence-corrected chi connectivity index (χ0v) is 6.76. The van der Waals surface area contributed by atoms with Crippen molar-refractivity contribution < 1.29 is 10.2 Å². The number of phenols is 2. The number of rotatable bonds is 1. The second kappa shape index (κ2) is 2.82. The van der Waals surface area contributed by atoms with Crippen LogP contribution in [0.25, 0.3) is 0 Å². The van der Waals surface area contributed by atoms with E-state index in [4.69, 9.17) is 5.11 Å². The van der Waals surface area contributed by atoms with Crippen molar-refractivity contribution >= 4 is 0 Å². The van der Waals surface area contributed by atoms with Crippen molar-refractivity contribution in [2.45, 2.75) is 20.3 Å². The van der Waals surface area contributed by atoms with Crippen LogP contribution in [-0.4, -0.2) is 10.2 Å². The Labute approximate surface area is 66.1 Å². The van der Waals surface area contributed by atoms with Crippen LogP contribution in [0.3, 0.4) is 0 Å². The third-order valence-corrected chi connectivity index (χ3v) is 1.85. The number of hydrogen-bond donors (Lipinski definition) is 2. The predicted molar refractivity (Wildman–Crippen MR) is 43.9 cm³/mol. The summed E-state index contributed by atoms with van der Waals surface area (Å²) in [5.41, 5.74) is 1.84. The molecule has 0 heterocycles. The molecule has 1 rings (SSSR count). The Balaban J connectivity index is 3.24. The molecule has 0 saturated heterocycles. The van der Waals surface area contributed by atoms with E-state index in [2.05, 4.69) is 0 Å². The molecule has 0 aliphatic heterocycles. The van der Waals surface area contributed by atoms with Crippen molar-refractivity contribution in [3.8, 4) is 11.5 Å². The largest absolute Gasteiger partial charge is 0.508 e. The summed E-state index contributed by atoms with van der Waals surface area (Å²) in [4.78, 5) is 0. The standard InChI is InChI=1S/C9H12O2/c1-3-7-4-8(10)5-9(11)6(7)2/h4-5,10-11H,3H2,1-2H3. The summed E-state index contributed by atoms with van der Waals surface area (Å²) in [5, 5.41) is 18.3. The first-order chi connectivity index (χ1) is 5.15. The molecule has 1 aromatic rings. The molecular formula is C9H12O2. The fourth-order valence-corrected chi connectivity index (χ4v) is 1.11. The summed E-state index contributed by atoms with van der Waals surface area (Å²) in [6.45, 7) is 3.83. The monoisotopic (exact) mass is 152 g/mol. The van der Waals surface area contributed by atoms with Crippen LogP contribution in [0.4, 0.5) is 0 Å². The smallest absolute Gasteiger partial charge is 0.122 e. The highest BCUT2D eigenvalue weighted by atomic mass is 16.3. The molecule has 0 saturated carbocycles. The normalized spacial score (nSPS) is 10.0. The molecule has 0 radical (unpaired) electrons. The molecule has 0 spiro atoms. The van der Waals surface area contributed by atoms with Gasteiger partial charge in [0.05, 0.1) is 0 Å². The fraction of sp³-hybridized carbons (Fsp3) is 0.333. The van der Waals surface area contributed by atoms with E-state index in [0.717, 1.165) is 17.5 Å². The van der Waals surface area contributed by atoms with Crippen LogP contribution in [-0.2, 0) is 6.42 Å². The fourth-order valence-electron chi connectivity index (χ4n) is 1.11. The summed E-state index contributed by atoms with van der Waals surface area (Å²) in [5.74, 6) is 0.298. The summed E-state index contributed by atoms with van der Waals surface area (Å²) in [6, 6.07) is 3.03. The minimum absolute atomic E-state index is 0.130. The zero-order valence-electron chi connectivity index (χ0n) is 6.76. The average Bonchev–Trinajstić information content (AvgIpc) is 1.96. The van der Waals surface area contributed by atoms with Crippen LogP contribution in [0, 0.1) is 6.92 Å². The Kier molecular flexibility index (Phi) is 2.03. The van der Waals surface area contributed by atoms with E-state index in [1.54, 1.807) is 6.07 Å². The van der Waals surface area contributed by atoms with E-state index >= 15 is 0 Å². The lowest BCUT2D eigenvalue weighted by atomic mass is 10.1. The molecule has 0 unspecified atom stereocenters. The van der Waals surface area contributed by atoms with Crippen LogP contribution in [0.5, 0.6) is 11.5 Å². The van der Waals surface area contributed by atoms with E-state index in [1.165, 1.54) is 6.07 Å². The minimum atomic E-state index is 0.130. The maximum Gasteiger partial charge on any atom is 0.122 e. The van der Waals surface area contributed by atoms with Gasteiger partial charge in [-0.25, -0.2) is 0 Å². The predicted octanol–water partition coefficient (Wildman–Crippen LogP) is 1.97. The van der Waals surface area contributed by atoms with E-state index in [9.17, 15) is 5.11 Å². The molecule has 0 amide bonds. The Morgan fingerprint density at radius 1 is 1.27 bits per heavy atom. The maximum absolute atomic E-state index is 9.25. The summed E-state index contributed by atoms with van der Waals surface area (Å²) in [7, 11) is 0. The van der Waals surface area contributed by atoms with E-state index < -0.39 is 0 Å². The summed E-state index contributed by atoms with van der Waals surface area (Å²) in [6.07, 6.45) is 0.827. The molecule has 11 heavy (non-hydrogen) atoms. The Morgan fingerprint density at radius 2 is 1.91 bits per heavy atom. The number of hydrogen-bond acceptors (Lipinski definition) is 2. The lowest BCUT2D eigenvalue weighted by molar-refractivity contribution is 0.446. The van der Waals surface area contributed by atoms with Gasteiger partial charge in [-0.3, -0.25) is 0 Å². The van der Waals surface area contributed by atoms with Crippen LogP contribution >= 0.6 is 0 Å². The quantitative estimate of drug-likeness (QED) is 0.645. The van der Waals surface area contributed by atoms with Crippen molar-refractivity contribution in [3.05, 3.63) is 23.3 Å². The van der Waals surface area contributed by atoms with Gasteiger partial charge in [-0.2, -0.15) is 0 Å². The first-order valence-electron chi connectivity index (χ1n) is 3.66. The molecule has 0 aliphatic carbocycles. The van der Waals surface area contributed by atoms with Gasteiger partial charge in [-0.15, -0.1) is 0 Å². The number of aryl methyl sites for hydroxylation is 1. The molecule has 0 aromatic heterocycles.